The highest BCUT2D eigenvalue weighted by Crippen LogP contribution is 2.34. The summed E-state index contributed by atoms with van der Waals surface area (Å²) < 4.78 is 6.44. The van der Waals surface area contributed by atoms with Crippen LogP contribution in [-0.2, 0) is 17.9 Å². The number of hydrogen-bond acceptors (Lipinski definition) is 4. The van der Waals surface area contributed by atoms with Crippen LogP contribution in [0.4, 0.5) is 0 Å². The van der Waals surface area contributed by atoms with Crippen molar-refractivity contribution in [3.8, 4) is 5.75 Å². The quantitative estimate of drug-likeness (QED) is 0.278. The third kappa shape index (κ3) is 5.49. The smallest absolute Gasteiger partial charge is 0.266 e. The summed E-state index contributed by atoms with van der Waals surface area (Å²) >= 11 is 18.9. The van der Waals surface area contributed by atoms with E-state index >= 15 is 0 Å². The largest absolute Gasteiger partial charge is 0.489 e. The molecule has 1 heterocycles. The van der Waals surface area contributed by atoms with Gasteiger partial charge in [0.05, 0.1) is 11.4 Å². The zero-order chi connectivity index (χ0) is 21.8. The van der Waals surface area contributed by atoms with Crippen LogP contribution in [0.1, 0.15) is 16.7 Å². The summed E-state index contributed by atoms with van der Waals surface area (Å²) in [5.41, 5.74) is 2.74. The molecule has 1 saturated heterocycles. The second kappa shape index (κ2) is 9.88. The van der Waals surface area contributed by atoms with Gasteiger partial charge in [0.15, 0.2) is 0 Å². The molecule has 0 radical (unpaired) electrons. The molecule has 1 amide bonds. The molecule has 0 aromatic heterocycles. The molecule has 3 aromatic carbocycles. The Morgan fingerprint density at radius 1 is 1.00 bits per heavy atom. The number of halogens is 2. The van der Waals surface area contributed by atoms with E-state index in [0.29, 0.717) is 38.2 Å². The Kier molecular flexibility index (Phi) is 6.98. The van der Waals surface area contributed by atoms with Gasteiger partial charge >= 0.3 is 0 Å². The van der Waals surface area contributed by atoms with E-state index in [4.69, 9.17) is 40.2 Å². The molecule has 1 fully saturated rings. The van der Waals surface area contributed by atoms with E-state index < -0.39 is 0 Å². The first-order chi connectivity index (χ1) is 15.0. The van der Waals surface area contributed by atoms with Gasteiger partial charge in [0.2, 0.25) is 0 Å². The van der Waals surface area contributed by atoms with Gasteiger partial charge in [0.1, 0.15) is 16.7 Å². The molecular formula is C24H17Cl2NO2S2. The third-order valence-corrected chi connectivity index (χ3v) is 6.59. The molecule has 0 atom stereocenters. The molecule has 0 bridgehead atoms. The zero-order valence-electron chi connectivity index (χ0n) is 16.3. The van der Waals surface area contributed by atoms with Crippen molar-refractivity contribution in [2.45, 2.75) is 13.2 Å². The zero-order valence-corrected chi connectivity index (χ0v) is 19.4. The Labute approximate surface area is 200 Å². The first kappa shape index (κ1) is 21.9. The van der Waals surface area contributed by atoms with Crippen molar-refractivity contribution in [1.82, 2.24) is 4.90 Å². The molecule has 3 nitrogen and oxygen atoms in total. The minimum absolute atomic E-state index is 0.0851. The van der Waals surface area contributed by atoms with Gasteiger partial charge in [-0.1, -0.05) is 95.7 Å². The number of benzene rings is 3. The summed E-state index contributed by atoms with van der Waals surface area (Å²) in [5.74, 6) is 0.595. The number of nitrogens with zero attached hydrogens (tertiary/aromatic N) is 1. The highest BCUT2D eigenvalue weighted by Gasteiger charge is 2.31. The van der Waals surface area contributed by atoms with Crippen LogP contribution in [0.2, 0.25) is 10.0 Å². The van der Waals surface area contributed by atoms with Crippen LogP contribution in [0.3, 0.4) is 0 Å². The van der Waals surface area contributed by atoms with Crippen molar-refractivity contribution >= 4 is 63.5 Å². The second-order valence-corrected chi connectivity index (χ2v) is 9.37. The Morgan fingerprint density at radius 3 is 2.58 bits per heavy atom. The van der Waals surface area contributed by atoms with E-state index in [-0.39, 0.29) is 5.91 Å². The molecule has 156 valence electrons. The lowest BCUT2D eigenvalue weighted by Crippen LogP contribution is -2.27. The molecule has 0 spiro atoms. The van der Waals surface area contributed by atoms with Crippen molar-refractivity contribution in [2.24, 2.45) is 0 Å². The molecule has 0 saturated carbocycles. The Hall–Kier alpha value is -2.31. The number of thioether (sulfide) groups is 1. The maximum atomic E-state index is 12.9. The average Bonchev–Trinajstić information content (AvgIpc) is 3.01. The van der Waals surface area contributed by atoms with Gasteiger partial charge < -0.3 is 4.74 Å². The molecule has 3 aromatic rings. The molecule has 0 N–H and O–H groups in total. The monoisotopic (exact) mass is 485 g/mol. The van der Waals surface area contributed by atoms with Gasteiger partial charge in [-0.15, -0.1) is 0 Å². The first-order valence-corrected chi connectivity index (χ1v) is 11.4. The molecule has 7 heteroatoms. The van der Waals surface area contributed by atoms with Crippen LogP contribution in [0.5, 0.6) is 5.75 Å². The van der Waals surface area contributed by atoms with Crippen molar-refractivity contribution in [3.63, 3.8) is 0 Å². The van der Waals surface area contributed by atoms with E-state index in [2.05, 4.69) is 0 Å². The maximum Gasteiger partial charge on any atom is 0.266 e. The number of hydrogen-bond donors (Lipinski definition) is 0. The van der Waals surface area contributed by atoms with Gasteiger partial charge in [-0.05, 0) is 41.5 Å². The maximum absolute atomic E-state index is 12.9. The molecule has 31 heavy (non-hydrogen) atoms. The van der Waals surface area contributed by atoms with Crippen LogP contribution in [-0.4, -0.2) is 15.1 Å². The number of rotatable bonds is 6. The summed E-state index contributed by atoms with van der Waals surface area (Å²) in [4.78, 5) is 15.1. The van der Waals surface area contributed by atoms with E-state index in [1.807, 2.05) is 66.7 Å². The third-order valence-electron chi connectivity index (χ3n) is 4.62. The summed E-state index contributed by atoms with van der Waals surface area (Å²) in [6.45, 7) is 0.784. The van der Waals surface area contributed by atoms with Crippen molar-refractivity contribution < 1.29 is 9.53 Å². The van der Waals surface area contributed by atoms with Crippen LogP contribution in [0.25, 0.3) is 6.08 Å². The molecule has 0 aliphatic carbocycles. The van der Waals surface area contributed by atoms with E-state index in [1.165, 1.54) is 11.8 Å². The number of carbonyl (C=O) groups is 1. The fraction of sp³-hybridized carbons (Fsp3) is 0.0833. The first-order valence-electron chi connectivity index (χ1n) is 9.46. The van der Waals surface area contributed by atoms with Gasteiger partial charge in [-0.3, -0.25) is 9.69 Å². The van der Waals surface area contributed by atoms with Crippen LogP contribution in [0.15, 0.2) is 77.7 Å². The van der Waals surface area contributed by atoms with Gasteiger partial charge in [-0.25, -0.2) is 0 Å². The molecule has 4 rings (SSSR count). The van der Waals surface area contributed by atoms with E-state index in [9.17, 15) is 4.79 Å². The van der Waals surface area contributed by atoms with Gasteiger partial charge in [0, 0.05) is 15.6 Å². The molecule has 1 aliphatic heterocycles. The minimum Gasteiger partial charge on any atom is -0.489 e. The summed E-state index contributed by atoms with van der Waals surface area (Å²) in [5, 5.41) is 1.14. The normalized spacial score (nSPS) is 15.0. The summed E-state index contributed by atoms with van der Waals surface area (Å²) in [6.07, 6.45) is 1.84. The Morgan fingerprint density at radius 2 is 1.81 bits per heavy atom. The van der Waals surface area contributed by atoms with Crippen molar-refractivity contribution in [1.29, 1.82) is 0 Å². The summed E-state index contributed by atoms with van der Waals surface area (Å²) in [6, 6.07) is 22.7. The van der Waals surface area contributed by atoms with Crippen molar-refractivity contribution in [2.75, 3.05) is 0 Å². The average molecular weight is 486 g/mol. The predicted octanol–water partition coefficient (Wildman–Crippen LogP) is 6.97. The molecule has 0 unspecified atom stereocenters. The number of ether oxygens (including phenoxy) is 1. The SMILES string of the molecule is O=C1/C(=C\c2cccc(OCc3ccc(Cl)cc3Cl)c2)SC(=S)N1Cc1ccccc1. The highest BCUT2D eigenvalue weighted by atomic mass is 35.5. The lowest BCUT2D eigenvalue weighted by Gasteiger charge is -2.14. The number of thiocarbonyl (C=S) groups is 1. The van der Waals surface area contributed by atoms with Crippen molar-refractivity contribution in [3.05, 3.63) is 104 Å². The van der Waals surface area contributed by atoms with Crippen LogP contribution >= 0.6 is 47.2 Å². The lowest BCUT2D eigenvalue weighted by molar-refractivity contribution is -0.122. The Balaban J connectivity index is 1.46. The topological polar surface area (TPSA) is 29.5 Å². The standard InChI is InChI=1S/C24H17Cl2NO2S2/c25-19-10-9-18(21(26)13-19)15-29-20-8-4-7-17(11-20)12-22-23(28)27(24(30)31-22)14-16-5-2-1-3-6-16/h1-13H,14-15H2/b22-12+. The minimum atomic E-state index is -0.0851. The fourth-order valence-electron chi connectivity index (χ4n) is 3.05. The highest BCUT2D eigenvalue weighted by molar-refractivity contribution is 8.26. The fourth-order valence-corrected chi connectivity index (χ4v) is 4.77. The predicted molar refractivity (Wildman–Crippen MR) is 132 cm³/mol. The van der Waals surface area contributed by atoms with Gasteiger partial charge in [-0.2, -0.15) is 0 Å². The second-order valence-electron chi connectivity index (χ2n) is 6.85. The number of amides is 1. The van der Waals surface area contributed by atoms with Crippen LogP contribution < -0.4 is 4.74 Å². The molecule has 1 aliphatic rings. The Bertz CT molecular complexity index is 1170. The summed E-state index contributed by atoms with van der Waals surface area (Å²) in [7, 11) is 0. The van der Waals surface area contributed by atoms with E-state index in [1.54, 1.807) is 17.0 Å². The molecular weight excluding hydrogens is 469 g/mol. The lowest BCUT2D eigenvalue weighted by atomic mass is 10.2. The van der Waals surface area contributed by atoms with E-state index in [0.717, 1.165) is 16.7 Å². The van der Waals surface area contributed by atoms with Crippen LogP contribution in [0, 0.1) is 0 Å². The van der Waals surface area contributed by atoms with Gasteiger partial charge in [0.25, 0.3) is 5.91 Å². The number of carbonyl (C=O) groups excluding carboxylic acids is 1.